The van der Waals surface area contributed by atoms with Crippen molar-refractivity contribution in [2.75, 3.05) is 0 Å². The molecular weight excluding hydrogens is 288 g/mol. The van der Waals surface area contributed by atoms with Gasteiger partial charge in [-0.05, 0) is 59.3 Å². The highest BCUT2D eigenvalue weighted by atomic mass is 14.5. The van der Waals surface area contributed by atoms with Crippen LogP contribution in [0.25, 0.3) is 11.1 Å². The zero-order valence-electron chi connectivity index (χ0n) is 14.8. The fraction of sp³-hybridized carbons (Fsp3) is 0.417. The van der Waals surface area contributed by atoms with Gasteiger partial charge in [-0.1, -0.05) is 74.4 Å². The minimum Gasteiger partial charge on any atom is -0.103 e. The topological polar surface area (TPSA) is 0 Å². The molecule has 2 aromatic carbocycles. The van der Waals surface area contributed by atoms with E-state index in [9.17, 15) is 0 Å². The van der Waals surface area contributed by atoms with Crippen molar-refractivity contribution in [3.05, 3.63) is 72.3 Å². The first-order chi connectivity index (χ1) is 11.8. The molecule has 124 valence electrons. The van der Waals surface area contributed by atoms with Crippen LogP contribution in [0.1, 0.15) is 62.5 Å². The maximum Gasteiger partial charge on any atom is 0.0158 e. The Morgan fingerprint density at radius 2 is 1.50 bits per heavy atom. The number of benzene rings is 2. The number of allylic oxidation sites excluding steroid dienone is 1. The van der Waals surface area contributed by atoms with Crippen molar-refractivity contribution in [1.82, 2.24) is 0 Å². The van der Waals surface area contributed by atoms with Crippen molar-refractivity contribution >= 4 is 0 Å². The molecule has 0 spiro atoms. The second-order valence-corrected chi connectivity index (χ2v) is 7.92. The summed E-state index contributed by atoms with van der Waals surface area (Å²) in [5.41, 5.74) is 6.35. The van der Waals surface area contributed by atoms with Gasteiger partial charge >= 0.3 is 0 Å². The van der Waals surface area contributed by atoms with Gasteiger partial charge in [-0.3, -0.25) is 0 Å². The van der Waals surface area contributed by atoms with Crippen LogP contribution in [0.5, 0.6) is 0 Å². The van der Waals surface area contributed by atoms with Gasteiger partial charge in [-0.2, -0.15) is 0 Å². The largest absolute Gasteiger partial charge is 0.103 e. The lowest BCUT2D eigenvalue weighted by Crippen LogP contribution is -2.32. The molecule has 0 heterocycles. The van der Waals surface area contributed by atoms with Crippen LogP contribution in [0.4, 0.5) is 0 Å². The second-order valence-electron chi connectivity index (χ2n) is 7.92. The Labute approximate surface area is 146 Å². The molecule has 1 fully saturated rings. The van der Waals surface area contributed by atoms with Crippen molar-refractivity contribution < 1.29 is 0 Å². The van der Waals surface area contributed by atoms with Gasteiger partial charge in [-0.25, -0.2) is 0 Å². The minimum absolute atomic E-state index is 0.327. The van der Waals surface area contributed by atoms with Gasteiger partial charge in [0.1, 0.15) is 0 Å². The first-order valence-corrected chi connectivity index (χ1v) is 9.55. The summed E-state index contributed by atoms with van der Waals surface area (Å²) in [6.45, 7) is 6.57. The van der Waals surface area contributed by atoms with Gasteiger partial charge in [0.05, 0.1) is 0 Å². The average Bonchev–Trinajstić information content (AvgIpc) is 3.26. The van der Waals surface area contributed by atoms with Gasteiger partial charge < -0.3 is 0 Å². The van der Waals surface area contributed by atoms with E-state index >= 15 is 0 Å². The molecule has 1 atom stereocenters. The van der Waals surface area contributed by atoms with E-state index in [-0.39, 0.29) is 0 Å². The van der Waals surface area contributed by atoms with Crippen molar-refractivity contribution in [1.29, 1.82) is 0 Å². The number of hydrogen-bond acceptors (Lipinski definition) is 0. The Morgan fingerprint density at radius 1 is 0.958 bits per heavy atom. The molecule has 24 heavy (non-hydrogen) atoms. The molecule has 0 N–H and O–H groups in total. The molecule has 1 unspecified atom stereocenters. The molecule has 0 saturated heterocycles. The molecule has 2 aromatic rings. The molecule has 0 aromatic heterocycles. The Morgan fingerprint density at radius 3 is 2.04 bits per heavy atom. The molecule has 0 radical (unpaired) electrons. The molecule has 0 bridgehead atoms. The number of rotatable bonds is 5. The molecule has 2 aliphatic rings. The lowest BCUT2D eigenvalue weighted by molar-refractivity contribution is 0.148. The van der Waals surface area contributed by atoms with Crippen LogP contribution in [0, 0.1) is 11.3 Å². The monoisotopic (exact) mass is 316 g/mol. The van der Waals surface area contributed by atoms with E-state index in [0.717, 1.165) is 12.3 Å². The summed E-state index contributed by atoms with van der Waals surface area (Å²) in [4.78, 5) is 0. The molecule has 4 rings (SSSR count). The highest BCUT2D eigenvalue weighted by Gasteiger charge is 2.46. The summed E-state index contributed by atoms with van der Waals surface area (Å²) in [5.74, 6) is 1.37. The van der Waals surface area contributed by atoms with Crippen LogP contribution in [0.2, 0.25) is 0 Å². The van der Waals surface area contributed by atoms with Crippen LogP contribution >= 0.6 is 0 Å². The summed E-state index contributed by atoms with van der Waals surface area (Å²) >= 11 is 0. The van der Waals surface area contributed by atoms with E-state index in [1.807, 2.05) is 0 Å². The zero-order valence-corrected chi connectivity index (χ0v) is 14.8. The predicted molar refractivity (Wildman–Crippen MR) is 103 cm³/mol. The Kier molecular flexibility index (Phi) is 4.08. The third kappa shape index (κ3) is 2.35. The smallest absolute Gasteiger partial charge is 0.0158 e. The summed E-state index contributed by atoms with van der Waals surface area (Å²) in [6, 6.07) is 18.2. The first kappa shape index (κ1) is 15.7. The van der Waals surface area contributed by atoms with Crippen molar-refractivity contribution in [2.24, 2.45) is 11.3 Å². The maximum absolute atomic E-state index is 4.01. The van der Waals surface area contributed by atoms with Gasteiger partial charge in [0.2, 0.25) is 0 Å². The first-order valence-electron chi connectivity index (χ1n) is 9.55. The van der Waals surface area contributed by atoms with Gasteiger partial charge in [0, 0.05) is 5.92 Å². The standard InChI is InChI=1S/C24H28/c1-3-4-17-24(2,18-11-5-6-12-18)23-21-15-9-7-13-19(21)20-14-8-10-16-22(20)23/h3,7-10,13-16,18,23H,1,4-6,11-12,17H2,2H3. The number of fused-ring (bicyclic) bond motifs is 3. The third-order valence-electron chi connectivity index (χ3n) is 6.67. The molecule has 2 aliphatic carbocycles. The fourth-order valence-electron chi connectivity index (χ4n) is 5.45. The van der Waals surface area contributed by atoms with E-state index in [4.69, 9.17) is 0 Å². The lowest BCUT2D eigenvalue weighted by Gasteiger charge is -2.42. The fourth-order valence-corrected chi connectivity index (χ4v) is 5.45. The molecule has 0 heteroatoms. The van der Waals surface area contributed by atoms with E-state index in [1.165, 1.54) is 43.2 Å². The highest BCUT2D eigenvalue weighted by Crippen LogP contribution is 2.59. The van der Waals surface area contributed by atoms with Crippen molar-refractivity contribution in [3.8, 4) is 11.1 Å². The summed E-state index contributed by atoms with van der Waals surface area (Å²) in [7, 11) is 0. The Hall–Kier alpha value is -1.82. The van der Waals surface area contributed by atoms with Crippen molar-refractivity contribution in [3.63, 3.8) is 0 Å². The summed E-state index contributed by atoms with van der Waals surface area (Å²) in [6.07, 6.45) is 10.1. The Balaban J connectivity index is 1.87. The SMILES string of the molecule is C=CCCC(C)(C1CCCC1)C1c2ccccc2-c2ccccc21. The van der Waals surface area contributed by atoms with Gasteiger partial charge in [0.15, 0.2) is 0 Å². The van der Waals surface area contributed by atoms with E-state index in [1.54, 1.807) is 11.1 Å². The van der Waals surface area contributed by atoms with Gasteiger partial charge in [-0.15, -0.1) is 6.58 Å². The van der Waals surface area contributed by atoms with Crippen LogP contribution in [-0.4, -0.2) is 0 Å². The van der Waals surface area contributed by atoms with E-state index in [0.29, 0.717) is 11.3 Å². The van der Waals surface area contributed by atoms with Crippen LogP contribution in [0.3, 0.4) is 0 Å². The summed E-state index contributed by atoms with van der Waals surface area (Å²) < 4.78 is 0. The van der Waals surface area contributed by atoms with Crippen LogP contribution in [-0.2, 0) is 0 Å². The average molecular weight is 316 g/mol. The van der Waals surface area contributed by atoms with Gasteiger partial charge in [0.25, 0.3) is 0 Å². The molecular formula is C24H28. The predicted octanol–water partition coefficient (Wildman–Crippen LogP) is 6.96. The third-order valence-corrected chi connectivity index (χ3v) is 6.67. The van der Waals surface area contributed by atoms with Crippen LogP contribution in [0.15, 0.2) is 61.2 Å². The number of hydrogen-bond donors (Lipinski definition) is 0. The normalized spacial score (nSPS) is 19.7. The zero-order chi connectivity index (χ0) is 16.6. The lowest BCUT2D eigenvalue weighted by atomic mass is 9.61. The maximum atomic E-state index is 4.01. The van der Waals surface area contributed by atoms with Crippen molar-refractivity contribution in [2.45, 2.75) is 51.4 Å². The van der Waals surface area contributed by atoms with E-state index in [2.05, 4.69) is 68.1 Å². The minimum atomic E-state index is 0.327. The highest BCUT2D eigenvalue weighted by molar-refractivity contribution is 5.79. The molecule has 1 saturated carbocycles. The summed E-state index contributed by atoms with van der Waals surface area (Å²) in [5, 5.41) is 0. The molecule has 0 amide bonds. The Bertz CT molecular complexity index is 690. The molecule has 0 aliphatic heterocycles. The van der Waals surface area contributed by atoms with E-state index < -0.39 is 0 Å². The quantitative estimate of drug-likeness (QED) is 0.523. The second kappa shape index (κ2) is 6.24. The van der Waals surface area contributed by atoms with Crippen LogP contribution < -0.4 is 0 Å². The molecule has 0 nitrogen and oxygen atoms in total.